The summed E-state index contributed by atoms with van der Waals surface area (Å²) in [4.78, 5) is 19.0. The van der Waals surface area contributed by atoms with Crippen LogP contribution in [0.3, 0.4) is 0 Å². The van der Waals surface area contributed by atoms with E-state index in [2.05, 4.69) is 63.2 Å². The average Bonchev–Trinajstić information content (AvgIpc) is 2.85. The SMILES string of the molecule is CN=C(NCc1ccccc1CN(C)C1CCCCC1)NCC1CC(=O)Nc2ccccc21. The number of fused-ring (bicyclic) bond motifs is 1. The quantitative estimate of drug-likeness (QED) is 0.439. The number of aliphatic imine (C=N–C) groups is 1. The lowest BCUT2D eigenvalue weighted by atomic mass is 9.90. The number of carbonyl (C=O) groups is 1. The number of carbonyl (C=O) groups excluding carboxylic acids is 1. The Hall–Kier alpha value is -2.86. The molecule has 1 aliphatic heterocycles. The highest BCUT2D eigenvalue weighted by atomic mass is 16.1. The number of rotatable bonds is 7. The maximum atomic E-state index is 12.1. The molecule has 0 saturated heterocycles. The highest BCUT2D eigenvalue weighted by Gasteiger charge is 2.25. The molecule has 6 heteroatoms. The van der Waals surface area contributed by atoms with E-state index in [-0.39, 0.29) is 11.8 Å². The first-order valence-corrected chi connectivity index (χ1v) is 12.2. The molecular formula is C27H37N5O. The molecule has 3 N–H and O–H groups in total. The molecule has 6 nitrogen and oxygen atoms in total. The third-order valence-corrected chi connectivity index (χ3v) is 7.03. The second-order valence-corrected chi connectivity index (χ2v) is 9.32. The molecule has 1 amide bonds. The number of benzene rings is 2. The van der Waals surface area contributed by atoms with Crippen molar-refractivity contribution in [1.29, 1.82) is 0 Å². The lowest BCUT2D eigenvalue weighted by molar-refractivity contribution is -0.116. The Morgan fingerprint density at radius 2 is 1.76 bits per heavy atom. The van der Waals surface area contributed by atoms with Crippen LogP contribution in [0, 0.1) is 0 Å². The van der Waals surface area contributed by atoms with Crippen LogP contribution in [0.4, 0.5) is 5.69 Å². The van der Waals surface area contributed by atoms with Crippen molar-refractivity contribution in [3.8, 4) is 0 Å². The maximum Gasteiger partial charge on any atom is 0.225 e. The van der Waals surface area contributed by atoms with Crippen molar-refractivity contribution in [1.82, 2.24) is 15.5 Å². The van der Waals surface area contributed by atoms with Crippen LogP contribution < -0.4 is 16.0 Å². The second-order valence-electron chi connectivity index (χ2n) is 9.32. The first-order valence-electron chi connectivity index (χ1n) is 12.2. The van der Waals surface area contributed by atoms with Crippen molar-refractivity contribution in [2.75, 3.05) is 26.0 Å². The summed E-state index contributed by atoms with van der Waals surface area (Å²) < 4.78 is 0. The van der Waals surface area contributed by atoms with Crippen molar-refractivity contribution in [3.05, 3.63) is 65.2 Å². The Kier molecular flexibility index (Phi) is 8.00. The number of guanidine groups is 1. The van der Waals surface area contributed by atoms with Crippen LogP contribution in [-0.2, 0) is 17.9 Å². The fourth-order valence-corrected chi connectivity index (χ4v) is 5.11. The van der Waals surface area contributed by atoms with Crippen LogP contribution >= 0.6 is 0 Å². The third kappa shape index (κ3) is 6.14. The van der Waals surface area contributed by atoms with Gasteiger partial charge in [0, 0.05) is 50.7 Å². The average molecular weight is 448 g/mol. The van der Waals surface area contributed by atoms with E-state index in [9.17, 15) is 4.79 Å². The second kappa shape index (κ2) is 11.3. The molecule has 176 valence electrons. The molecule has 0 spiro atoms. The maximum absolute atomic E-state index is 12.1. The van der Waals surface area contributed by atoms with E-state index in [4.69, 9.17) is 0 Å². The molecule has 0 bridgehead atoms. The van der Waals surface area contributed by atoms with Gasteiger partial charge >= 0.3 is 0 Å². The summed E-state index contributed by atoms with van der Waals surface area (Å²) in [5, 5.41) is 9.87. The van der Waals surface area contributed by atoms with Crippen molar-refractivity contribution in [3.63, 3.8) is 0 Å². The Bertz CT molecular complexity index is 966. The molecule has 33 heavy (non-hydrogen) atoms. The normalized spacial score (nSPS) is 19.2. The van der Waals surface area contributed by atoms with Crippen LogP contribution in [0.5, 0.6) is 0 Å². The number of para-hydroxylation sites is 1. The van der Waals surface area contributed by atoms with E-state index in [0.717, 1.165) is 24.7 Å². The molecule has 1 unspecified atom stereocenters. The van der Waals surface area contributed by atoms with Crippen LogP contribution in [0.15, 0.2) is 53.5 Å². The van der Waals surface area contributed by atoms with Crippen LogP contribution in [-0.4, -0.2) is 43.4 Å². The van der Waals surface area contributed by atoms with Gasteiger partial charge in [-0.1, -0.05) is 61.7 Å². The van der Waals surface area contributed by atoms with Gasteiger partial charge in [-0.2, -0.15) is 0 Å². The summed E-state index contributed by atoms with van der Waals surface area (Å²) in [5.41, 5.74) is 4.76. The minimum Gasteiger partial charge on any atom is -0.356 e. The highest BCUT2D eigenvalue weighted by Crippen LogP contribution is 2.31. The van der Waals surface area contributed by atoms with Gasteiger partial charge in [-0.25, -0.2) is 0 Å². The third-order valence-electron chi connectivity index (χ3n) is 7.03. The van der Waals surface area contributed by atoms with Crippen molar-refractivity contribution in [2.45, 2.75) is 63.6 Å². The highest BCUT2D eigenvalue weighted by molar-refractivity contribution is 5.94. The molecular weight excluding hydrogens is 410 g/mol. The van der Waals surface area contributed by atoms with Crippen molar-refractivity contribution >= 4 is 17.6 Å². The molecule has 1 heterocycles. The van der Waals surface area contributed by atoms with E-state index < -0.39 is 0 Å². The predicted octanol–water partition coefficient (Wildman–Crippen LogP) is 4.24. The lowest BCUT2D eigenvalue weighted by Crippen LogP contribution is -2.40. The summed E-state index contributed by atoms with van der Waals surface area (Å²) in [6.07, 6.45) is 7.21. The van der Waals surface area contributed by atoms with Gasteiger partial charge in [-0.05, 0) is 42.6 Å². The minimum atomic E-state index is 0.0689. The van der Waals surface area contributed by atoms with E-state index in [1.165, 1.54) is 48.8 Å². The Morgan fingerprint density at radius 1 is 1.03 bits per heavy atom. The number of nitrogens with one attached hydrogen (secondary N) is 3. The van der Waals surface area contributed by atoms with E-state index in [1.54, 1.807) is 7.05 Å². The molecule has 0 radical (unpaired) electrons. The largest absolute Gasteiger partial charge is 0.356 e. The summed E-state index contributed by atoms with van der Waals surface area (Å²) in [5.74, 6) is 0.957. The van der Waals surface area contributed by atoms with E-state index in [1.807, 2.05) is 18.2 Å². The number of amides is 1. The number of hydrogen-bond donors (Lipinski definition) is 3. The standard InChI is InChI=1S/C27H37N5O/c1-28-27(30-18-22-16-26(33)31-25-15-9-8-14-24(22)25)29-17-20-10-6-7-11-21(20)19-32(2)23-12-4-3-5-13-23/h6-11,14-15,22-23H,3-5,12-13,16-19H2,1-2H3,(H,31,33)(H2,28,29,30). The smallest absolute Gasteiger partial charge is 0.225 e. The molecule has 2 aromatic rings. The van der Waals surface area contributed by atoms with Gasteiger partial charge in [0.05, 0.1) is 0 Å². The van der Waals surface area contributed by atoms with Crippen molar-refractivity contribution < 1.29 is 4.79 Å². The van der Waals surface area contributed by atoms with Crippen LogP contribution in [0.25, 0.3) is 0 Å². The summed E-state index contributed by atoms with van der Waals surface area (Å²) in [7, 11) is 4.05. The van der Waals surface area contributed by atoms with Gasteiger partial charge in [0.15, 0.2) is 5.96 Å². The molecule has 1 fully saturated rings. The number of hydrogen-bond acceptors (Lipinski definition) is 3. The molecule has 1 atom stereocenters. The van der Waals surface area contributed by atoms with Gasteiger partial charge < -0.3 is 16.0 Å². The first-order chi connectivity index (χ1) is 16.1. The lowest BCUT2D eigenvalue weighted by Gasteiger charge is -2.31. The summed E-state index contributed by atoms with van der Waals surface area (Å²) in [6, 6.07) is 17.4. The number of nitrogens with zero attached hydrogens (tertiary/aromatic N) is 2. The molecule has 0 aromatic heterocycles. The first kappa shape index (κ1) is 23.3. The van der Waals surface area contributed by atoms with E-state index >= 15 is 0 Å². The van der Waals surface area contributed by atoms with Gasteiger partial charge in [0.1, 0.15) is 0 Å². The molecule has 4 rings (SSSR count). The zero-order chi connectivity index (χ0) is 23.0. The topological polar surface area (TPSA) is 68.8 Å². The van der Waals surface area contributed by atoms with E-state index in [0.29, 0.717) is 19.0 Å². The Labute approximate surface area is 197 Å². The Balaban J connectivity index is 1.33. The zero-order valence-electron chi connectivity index (χ0n) is 19.9. The predicted molar refractivity (Wildman–Crippen MR) is 135 cm³/mol. The molecule has 2 aromatic carbocycles. The van der Waals surface area contributed by atoms with Gasteiger partial charge in [0.2, 0.25) is 5.91 Å². The van der Waals surface area contributed by atoms with Gasteiger partial charge in [-0.3, -0.25) is 14.7 Å². The molecule has 1 aliphatic carbocycles. The monoisotopic (exact) mass is 447 g/mol. The number of anilines is 1. The summed E-state index contributed by atoms with van der Waals surface area (Å²) >= 11 is 0. The Morgan fingerprint density at radius 3 is 2.55 bits per heavy atom. The molecule has 1 saturated carbocycles. The zero-order valence-corrected chi connectivity index (χ0v) is 19.9. The fourth-order valence-electron chi connectivity index (χ4n) is 5.11. The summed E-state index contributed by atoms with van der Waals surface area (Å²) in [6.45, 7) is 2.36. The van der Waals surface area contributed by atoms with Gasteiger partial charge in [-0.15, -0.1) is 0 Å². The van der Waals surface area contributed by atoms with Crippen LogP contribution in [0.2, 0.25) is 0 Å². The minimum absolute atomic E-state index is 0.0689. The van der Waals surface area contributed by atoms with Gasteiger partial charge in [0.25, 0.3) is 0 Å². The van der Waals surface area contributed by atoms with Crippen LogP contribution in [0.1, 0.15) is 61.1 Å². The van der Waals surface area contributed by atoms with Crippen molar-refractivity contribution in [2.24, 2.45) is 4.99 Å². The molecule has 2 aliphatic rings. The fraction of sp³-hybridized carbons (Fsp3) is 0.481.